The van der Waals surface area contributed by atoms with E-state index in [-0.39, 0.29) is 17.9 Å². The fourth-order valence-corrected chi connectivity index (χ4v) is 3.40. The van der Waals surface area contributed by atoms with Gasteiger partial charge in [0.1, 0.15) is 19.0 Å². The van der Waals surface area contributed by atoms with Crippen LogP contribution in [-0.2, 0) is 6.54 Å². The summed E-state index contributed by atoms with van der Waals surface area (Å²) in [6.07, 6.45) is 1.71. The molecule has 0 bridgehead atoms. The number of ether oxygens (including phenoxy) is 2. The van der Waals surface area contributed by atoms with E-state index in [2.05, 4.69) is 15.7 Å². The van der Waals surface area contributed by atoms with Gasteiger partial charge in [-0.05, 0) is 55.8 Å². The maximum atomic E-state index is 13.2. The van der Waals surface area contributed by atoms with Gasteiger partial charge in [0.25, 0.3) is 0 Å². The highest BCUT2D eigenvalue weighted by molar-refractivity contribution is 5.74. The number of nitrogens with zero attached hydrogens (tertiary/aromatic N) is 2. The van der Waals surface area contributed by atoms with Crippen molar-refractivity contribution < 1.29 is 18.7 Å². The minimum absolute atomic E-state index is 0.250. The zero-order valence-corrected chi connectivity index (χ0v) is 16.8. The molecule has 0 saturated carbocycles. The van der Waals surface area contributed by atoms with E-state index in [4.69, 9.17) is 9.47 Å². The van der Waals surface area contributed by atoms with Gasteiger partial charge < -0.3 is 20.1 Å². The first-order valence-corrected chi connectivity index (χ1v) is 9.74. The van der Waals surface area contributed by atoms with Crippen molar-refractivity contribution in [3.63, 3.8) is 0 Å². The summed E-state index contributed by atoms with van der Waals surface area (Å²) in [6, 6.07) is 11.2. The summed E-state index contributed by atoms with van der Waals surface area (Å²) in [6.45, 7) is 5.23. The van der Waals surface area contributed by atoms with Gasteiger partial charge in [-0.1, -0.05) is 6.07 Å². The summed E-state index contributed by atoms with van der Waals surface area (Å²) >= 11 is 0. The van der Waals surface area contributed by atoms with E-state index >= 15 is 0 Å². The van der Waals surface area contributed by atoms with Crippen LogP contribution in [-0.4, -0.2) is 29.0 Å². The number of carbonyl (C=O) groups excluding carboxylic acids is 1. The molecule has 1 aliphatic rings. The van der Waals surface area contributed by atoms with Gasteiger partial charge in [-0.15, -0.1) is 0 Å². The Morgan fingerprint density at radius 3 is 2.67 bits per heavy atom. The largest absolute Gasteiger partial charge is 0.486 e. The van der Waals surface area contributed by atoms with Gasteiger partial charge in [-0.2, -0.15) is 5.10 Å². The van der Waals surface area contributed by atoms with Crippen molar-refractivity contribution in [2.45, 2.75) is 26.4 Å². The number of nitrogens with one attached hydrogen (secondary N) is 2. The van der Waals surface area contributed by atoms with Crippen LogP contribution in [0.2, 0.25) is 0 Å². The van der Waals surface area contributed by atoms with E-state index in [0.29, 0.717) is 25.5 Å². The van der Waals surface area contributed by atoms with Crippen molar-refractivity contribution in [1.29, 1.82) is 0 Å². The number of halogens is 1. The predicted molar refractivity (Wildman–Crippen MR) is 109 cm³/mol. The molecule has 4 rings (SSSR count). The molecule has 0 fully saturated rings. The second-order valence-electron chi connectivity index (χ2n) is 7.10. The number of carbonyl (C=O) groups is 1. The molecule has 0 unspecified atom stereocenters. The maximum absolute atomic E-state index is 13.2. The standard InChI is InChI=1S/C22H23FN4O3/c1-14(19-13-25-27(15(19)2)18-6-4-17(23)5-7-18)26-22(28)24-12-16-3-8-20-21(11-16)30-10-9-29-20/h3-8,11,13-14H,9-10,12H2,1-2H3,(H2,24,26,28)/t14-/m0/s1. The predicted octanol–water partition coefficient (Wildman–Crippen LogP) is 3.65. The number of hydrogen-bond donors (Lipinski definition) is 2. The topological polar surface area (TPSA) is 77.4 Å². The second kappa shape index (κ2) is 8.44. The van der Waals surface area contributed by atoms with Crippen LogP contribution in [0.1, 0.15) is 29.8 Å². The number of benzene rings is 2. The van der Waals surface area contributed by atoms with Crippen LogP contribution in [0, 0.1) is 12.7 Å². The van der Waals surface area contributed by atoms with E-state index in [1.807, 2.05) is 32.0 Å². The molecule has 8 heteroatoms. The molecule has 0 saturated heterocycles. The van der Waals surface area contributed by atoms with Crippen LogP contribution in [0.5, 0.6) is 11.5 Å². The molecule has 156 valence electrons. The zero-order valence-electron chi connectivity index (χ0n) is 16.8. The molecule has 2 amide bonds. The van der Waals surface area contributed by atoms with Gasteiger partial charge in [0, 0.05) is 17.8 Å². The molecule has 1 aliphatic heterocycles. The molecule has 1 aromatic heterocycles. The summed E-state index contributed by atoms with van der Waals surface area (Å²) < 4.78 is 26.0. The molecule has 0 spiro atoms. The summed E-state index contributed by atoms with van der Waals surface area (Å²) in [4.78, 5) is 12.4. The molecule has 7 nitrogen and oxygen atoms in total. The van der Waals surface area contributed by atoms with E-state index in [1.54, 1.807) is 23.0 Å². The molecular formula is C22H23FN4O3. The highest BCUT2D eigenvalue weighted by Gasteiger charge is 2.17. The lowest BCUT2D eigenvalue weighted by molar-refractivity contribution is 0.171. The van der Waals surface area contributed by atoms with Crippen molar-refractivity contribution in [3.8, 4) is 17.2 Å². The SMILES string of the molecule is Cc1c([C@H](C)NC(=O)NCc2ccc3c(c2)OCCO3)cnn1-c1ccc(F)cc1. The molecule has 2 heterocycles. The highest BCUT2D eigenvalue weighted by atomic mass is 19.1. The first-order chi connectivity index (χ1) is 14.5. The second-order valence-corrected chi connectivity index (χ2v) is 7.10. The number of fused-ring (bicyclic) bond motifs is 1. The van der Waals surface area contributed by atoms with Gasteiger partial charge in [0.15, 0.2) is 11.5 Å². The number of amides is 2. The summed E-state index contributed by atoms with van der Waals surface area (Å²) in [5.41, 5.74) is 3.44. The fraction of sp³-hybridized carbons (Fsp3) is 0.273. The molecule has 0 radical (unpaired) electrons. The van der Waals surface area contributed by atoms with E-state index in [1.165, 1.54) is 12.1 Å². The monoisotopic (exact) mass is 410 g/mol. The van der Waals surface area contributed by atoms with Gasteiger partial charge in [0.05, 0.1) is 17.9 Å². The Morgan fingerprint density at radius 2 is 1.90 bits per heavy atom. The van der Waals surface area contributed by atoms with Crippen LogP contribution >= 0.6 is 0 Å². The maximum Gasteiger partial charge on any atom is 0.315 e. The average Bonchev–Trinajstić information content (AvgIpc) is 3.14. The zero-order chi connectivity index (χ0) is 21.1. The Hall–Kier alpha value is -3.55. The Morgan fingerprint density at radius 1 is 1.17 bits per heavy atom. The Bertz CT molecular complexity index is 1050. The lowest BCUT2D eigenvalue weighted by atomic mass is 10.1. The van der Waals surface area contributed by atoms with Crippen LogP contribution < -0.4 is 20.1 Å². The van der Waals surface area contributed by atoms with Crippen LogP contribution in [0.25, 0.3) is 5.69 Å². The third kappa shape index (κ3) is 4.22. The molecule has 1 atom stereocenters. The van der Waals surface area contributed by atoms with Crippen molar-refractivity contribution in [1.82, 2.24) is 20.4 Å². The molecule has 2 aromatic carbocycles. The minimum atomic E-state index is -0.298. The number of aromatic nitrogens is 2. The third-order valence-electron chi connectivity index (χ3n) is 4.99. The fourth-order valence-electron chi connectivity index (χ4n) is 3.40. The van der Waals surface area contributed by atoms with Gasteiger partial charge in [0.2, 0.25) is 0 Å². The minimum Gasteiger partial charge on any atom is -0.486 e. The Kier molecular flexibility index (Phi) is 5.56. The highest BCUT2D eigenvalue weighted by Crippen LogP contribution is 2.30. The summed E-state index contributed by atoms with van der Waals surface area (Å²) in [7, 11) is 0. The van der Waals surface area contributed by atoms with Crippen molar-refractivity contribution in [2.24, 2.45) is 0 Å². The quantitative estimate of drug-likeness (QED) is 0.673. The lowest BCUT2D eigenvalue weighted by Gasteiger charge is -2.19. The number of rotatable bonds is 5. The van der Waals surface area contributed by atoms with Crippen LogP contribution in [0.4, 0.5) is 9.18 Å². The molecule has 30 heavy (non-hydrogen) atoms. The smallest absolute Gasteiger partial charge is 0.315 e. The Balaban J connectivity index is 1.36. The molecule has 2 N–H and O–H groups in total. The van der Waals surface area contributed by atoms with Crippen molar-refractivity contribution in [3.05, 3.63) is 71.3 Å². The first-order valence-electron chi connectivity index (χ1n) is 9.74. The van der Waals surface area contributed by atoms with Crippen LogP contribution in [0.3, 0.4) is 0 Å². The van der Waals surface area contributed by atoms with Gasteiger partial charge >= 0.3 is 6.03 Å². The van der Waals surface area contributed by atoms with Crippen LogP contribution in [0.15, 0.2) is 48.7 Å². The van der Waals surface area contributed by atoms with E-state index in [0.717, 1.165) is 28.3 Å². The third-order valence-corrected chi connectivity index (χ3v) is 4.99. The van der Waals surface area contributed by atoms with E-state index < -0.39 is 0 Å². The summed E-state index contributed by atoms with van der Waals surface area (Å²) in [5.74, 6) is 1.11. The molecule has 0 aliphatic carbocycles. The molecular weight excluding hydrogens is 387 g/mol. The van der Waals surface area contributed by atoms with Crippen molar-refractivity contribution in [2.75, 3.05) is 13.2 Å². The number of hydrogen-bond acceptors (Lipinski definition) is 4. The summed E-state index contributed by atoms with van der Waals surface area (Å²) in [5, 5.41) is 10.2. The lowest BCUT2D eigenvalue weighted by Crippen LogP contribution is -2.36. The normalized spacial score (nSPS) is 13.6. The van der Waals surface area contributed by atoms with E-state index in [9.17, 15) is 9.18 Å². The van der Waals surface area contributed by atoms with Gasteiger partial charge in [-0.25, -0.2) is 13.9 Å². The average molecular weight is 410 g/mol. The molecule has 3 aromatic rings. The van der Waals surface area contributed by atoms with Crippen molar-refractivity contribution >= 4 is 6.03 Å². The first kappa shape index (κ1) is 19.8. The van der Waals surface area contributed by atoms with Gasteiger partial charge in [-0.3, -0.25) is 0 Å². The number of urea groups is 1. The Labute approximate surface area is 173 Å².